The molecule has 4 heteroatoms. The number of anilines is 1. The fourth-order valence-electron chi connectivity index (χ4n) is 1.11. The van der Waals surface area contributed by atoms with Crippen molar-refractivity contribution in [1.82, 2.24) is 0 Å². The highest BCUT2D eigenvalue weighted by molar-refractivity contribution is 14.1. The van der Waals surface area contributed by atoms with Crippen LogP contribution in [0.15, 0.2) is 18.2 Å². The summed E-state index contributed by atoms with van der Waals surface area (Å²) in [4.78, 5) is 0. The van der Waals surface area contributed by atoms with E-state index >= 15 is 0 Å². The van der Waals surface area contributed by atoms with Gasteiger partial charge in [-0.15, -0.1) is 12.4 Å². The molecule has 2 nitrogen and oxygen atoms in total. The molecule has 0 atom stereocenters. The van der Waals surface area contributed by atoms with E-state index in [4.69, 9.17) is 4.74 Å². The van der Waals surface area contributed by atoms with E-state index in [2.05, 4.69) is 34.0 Å². The lowest BCUT2D eigenvalue weighted by Gasteiger charge is -2.18. The minimum absolute atomic E-state index is 0. The Morgan fingerprint density at radius 3 is 3.08 bits per heavy atom. The monoisotopic (exact) mass is 297 g/mol. The highest BCUT2D eigenvalue weighted by atomic mass is 127. The smallest absolute Gasteiger partial charge is 0.142 e. The summed E-state index contributed by atoms with van der Waals surface area (Å²) in [5.74, 6) is 0.969. The Morgan fingerprint density at radius 2 is 2.25 bits per heavy atom. The predicted molar refractivity (Wildman–Crippen MR) is 60.4 cm³/mol. The van der Waals surface area contributed by atoms with Crippen molar-refractivity contribution in [2.24, 2.45) is 0 Å². The summed E-state index contributed by atoms with van der Waals surface area (Å²) in [5, 5.41) is 3.27. The molecule has 0 unspecified atom stereocenters. The Balaban J connectivity index is 0.000000720. The molecule has 1 aliphatic heterocycles. The second-order valence-electron chi connectivity index (χ2n) is 2.42. The Morgan fingerprint density at radius 1 is 1.42 bits per heavy atom. The second-order valence-corrected chi connectivity index (χ2v) is 3.66. The quantitative estimate of drug-likeness (QED) is 0.743. The molecule has 0 aliphatic carbocycles. The summed E-state index contributed by atoms with van der Waals surface area (Å²) >= 11 is 2.29. The first-order chi connectivity index (χ1) is 5.36. The van der Waals surface area contributed by atoms with Crippen molar-refractivity contribution < 1.29 is 4.74 Å². The third-order valence-corrected chi connectivity index (χ3v) is 2.29. The molecule has 0 saturated carbocycles. The molecular weight excluding hydrogens is 288 g/mol. The van der Waals surface area contributed by atoms with Gasteiger partial charge in [-0.1, -0.05) is 0 Å². The largest absolute Gasteiger partial charge is 0.490 e. The maximum Gasteiger partial charge on any atom is 0.142 e. The summed E-state index contributed by atoms with van der Waals surface area (Å²) in [7, 11) is 0. The fourth-order valence-corrected chi connectivity index (χ4v) is 1.60. The van der Waals surface area contributed by atoms with Crippen molar-refractivity contribution in [2.45, 2.75) is 0 Å². The van der Waals surface area contributed by atoms with Gasteiger partial charge in [0.2, 0.25) is 0 Å². The first-order valence-corrected chi connectivity index (χ1v) is 4.60. The number of hydrogen-bond acceptors (Lipinski definition) is 2. The van der Waals surface area contributed by atoms with E-state index < -0.39 is 0 Å². The van der Waals surface area contributed by atoms with Gasteiger partial charge in [0.05, 0.1) is 5.69 Å². The third-order valence-electron chi connectivity index (χ3n) is 1.62. The van der Waals surface area contributed by atoms with E-state index in [0.29, 0.717) is 0 Å². The zero-order valence-electron chi connectivity index (χ0n) is 6.34. The van der Waals surface area contributed by atoms with Gasteiger partial charge < -0.3 is 10.1 Å². The van der Waals surface area contributed by atoms with Gasteiger partial charge in [0.1, 0.15) is 12.4 Å². The Labute approximate surface area is 91.2 Å². The van der Waals surface area contributed by atoms with Gasteiger partial charge in [0.15, 0.2) is 0 Å². The molecule has 1 aromatic carbocycles. The fraction of sp³-hybridized carbons (Fsp3) is 0.250. The van der Waals surface area contributed by atoms with Crippen LogP contribution < -0.4 is 10.1 Å². The number of nitrogens with one attached hydrogen (secondary N) is 1. The van der Waals surface area contributed by atoms with E-state index in [1.54, 1.807) is 0 Å². The number of halogens is 2. The molecule has 0 bridgehead atoms. The number of rotatable bonds is 0. The molecule has 1 aliphatic rings. The molecule has 0 radical (unpaired) electrons. The highest BCUT2D eigenvalue weighted by Gasteiger charge is 2.07. The molecule has 0 fully saturated rings. The van der Waals surface area contributed by atoms with E-state index in [1.807, 2.05) is 12.1 Å². The predicted octanol–water partition coefficient (Wildman–Crippen LogP) is 2.52. The van der Waals surface area contributed by atoms with Crippen LogP contribution in [0.25, 0.3) is 0 Å². The van der Waals surface area contributed by atoms with Crippen molar-refractivity contribution in [1.29, 1.82) is 0 Å². The van der Waals surface area contributed by atoms with Crippen LogP contribution in [0.3, 0.4) is 0 Å². The van der Waals surface area contributed by atoms with Gasteiger partial charge in [0.25, 0.3) is 0 Å². The number of ether oxygens (including phenoxy) is 1. The molecule has 1 heterocycles. The number of benzene rings is 1. The second kappa shape index (κ2) is 4.18. The van der Waals surface area contributed by atoms with Gasteiger partial charge in [-0.3, -0.25) is 0 Å². The molecule has 0 aromatic heterocycles. The molecule has 1 aromatic rings. The molecule has 1 N–H and O–H groups in total. The number of hydrogen-bond donors (Lipinski definition) is 1. The summed E-state index contributed by atoms with van der Waals surface area (Å²) in [6, 6.07) is 6.14. The van der Waals surface area contributed by atoms with E-state index in [0.717, 1.165) is 24.6 Å². The minimum Gasteiger partial charge on any atom is -0.490 e. The lowest BCUT2D eigenvalue weighted by Crippen LogP contribution is -2.17. The van der Waals surface area contributed by atoms with Crippen LogP contribution in [0.5, 0.6) is 5.75 Å². The summed E-state index contributed by atoms with van der Waals surface area (Å²) in [5.41, 5.74) is 1.11. The highest BCUT2D eigenvalue weighted by Crippen LogP contribution is 2.28. The average Bonchev–Trinajstić information content (AvgIpc) is 2.04. The van der Waals surface area contributed by atoms with E-state index in [1.165, 1.54) is 3.57 Å². The molecule has 0 spiro atoms. The summed E-state index contributed by atoms with van der Waals surface area (Å²) in [6.07, 6.45) is 0. The SMILES string of the molecule is Cl.Ic1ccc2c(c1)NCCO2. The minimum atomic E-state index is 0. The van der Waals surface area contributed by atoms with Crippen LogP contribution >= 0.6 is 35.0 Å². The van der Waals surface area contributed by atoms with E-state index in [9.17, 15) is 0 Å². The lowest BCUT2D eigenvalue weighted by atomic mass is 10.2. The van der Waals surface area contributed by atoms with Gasteiger partial charge in [0, 0.05) is 10.1 Å². The van der Waals surface area contributed by atoms with Crippen molar-refractivity contribution in [3.8, 4) is 5.75 Å². The van der Waals surface area contributed by atoms with Crippen LogP contribution in [-0.2, 0) is 0 Å². The zero-order chi connectivity index (χ0) is 7.68. The van der Waals surface area contributed by atoms with Crippen molar-refractivity contribution in [2.75, 3.05) is 18.5 Å². The normalized spacial score (nSPS) is 13.4. The van der Waals surface area contributed by atoms with Crippen molar-refractivity contribution in [3.05, 3.63) is 21.8 Å². The van der Waals surface area contributed by atoms with Crippen LogP contribution in [-0.4, -0.2) is 13.2 Å². The molecule has 2 rings (SSSR count). The van der Waals surface area contributed by atoms with Gasteiger partial charge in [-0.05, 0) is 40.8 Å². The molecule has 0 amide bonds. The molecule has 0 saturated heterocycles. The van der Waals surface area contributed by atoms with Gasteiger partial charge >= 0.3 is 0 Å². The zero-order valence-corrected chi connectivity index (χ0v) is 9.31. The molecule has 12 heavy (non-hydrogen) atoms. The summed E-state index contributed by atoms with van der Waals surface area (Å²) < 4.78 is 6.65. The van der Waals surface area contributed by atoms with Crippen molar-refractivity contribution in [3.63, 3.8) is 0 Å². The lowest BCUT2D eigenvalue weighted by molar-refractivity contribution is 0.323. The standard InChI is InChI=1S/C8H8INO.ClH/c9-6-1-2-8-7(5-6)10-3-4-11-8;/h1-2,5,10H,3-4H2;1H. The van der Waals surface area contributed by atoms with Crippen LogP contribution in [0.4, 0.5) is 5.69 Å². The van der Waals surface area contributed by atoms with E-state index in [-0.39, 0.29) is 12.4 Å². The Kier molecular flexibility index (Phi) is 3.46. The van der Waals surface area contributed by atoms with Gasteiger partial charge in [-0.2, -0.15) is 0 Å². The van der Waals surface area contributed by atoms with Crippen LogP contribution in [0.1, 0.15) is 0 Å². The first-order valence-electron chi connectivity index (χ1n) is 3.52. The van der Waals surface area contributed by atoms with Crippen LogP contribution in [0, 0.1) is 3.57 Å². The van der Waals surface area contributed by atoms with Crippen LogP contribution in [0.2, 0.25) is 0 Å². The summed E-state index contributed by atoms with van der Waals surface area (Å²) in [6.45, 7) is 1.68. The average molecular weight is 298 g/mol. The van der Waals surface area contributed by atoms with Crippen molar-refractivity contribution >= 4 is 40.7 Å². The Bertz CT molecular complexity index is 280. The Hall–Kier alpha value is -0.160. The molecule has 66 valence electrons. The van der Waals surface area contributed by atoms with Gasteiger partial charge in [-0.25, -0.2) is 0 Å². The number of fused-ring (bicyclic) bond motifs is 1. The maximum atomic E-state index is 5.41. The molecular formula is C8H9ClINO. The first kappa shape index (κ1) is 9.92. The maximum absolute atomic E-state index is 5.41. The third kappa shape index (κ3) is 1.95. The topological polar surface area (TPSA) is 21.3 Å².